The Bertz CT molecular complexity index is 611. The van der Waals surface area contributed by atoms with Crippen molar-refractivity contribution in [2.24, 2.45) is 0 Å². The monoisotopic (exact) mass is 222 g/mol. The molecule has 1 aromatic heterocycles. The molecule has 2 rings (SSSR count). The number of hydrogen-bond acceptors (Lipinski definition) is 5. The normalized spacial score (nSPS) is 9.06. The van der Waals surface area contributed by atoms with Crippen LogP contribution >= 0.6 is 0 Å². The fourth-order valence-electron chi connectivity index (χ4n) is 1.23. The van der Waals surface area contributed by atoms with Gasteiger partial charge in [0.1, 0.15) is 11.8 Å². The van der Waals surface area contributed by atoms with Crippen molar-refractivity contribution in [3.05, 3.63) is 47.7 Å². The van der Waals surface area contributed by atoms with Gasteiger partial charge in [-0.05, 0) is 24.3 Å². The summed E-state index contributed by atoms with van der Waals surface area (Å²) in [5.41, 5.74) is 0.697. The molecule has 80 valence electrons. The molecule has 1 aromatic carbocycles. The van der Waals surface area contributed by atoms with E-state index in [0.717, 1.165) is 0 Å². The number of nitrogens with zero attached hydrogens (tertiary/aromatic N) is 4. The predicted octanol–water partition coefficient (Wildman–Crippen LogP) is 2.01. The number of rotatable bonds is 2. The molecule has 0 N–H and O–H groups in total. The van der Waals surface area contributed by atoms with Crippen molar-refractivity contribution in [2.75, 3.05) is 0 Å². The number of ether oxygens (including phenoxy) is 1. The third kappa shape index (κ3) is 2.36. The van der Waals surface area contributed by atoms with Crippen molar-refractivity contribution >= 4 is 0 Å². The van der Waals surface area contributed by atoms with E-state index >= 15 is 0 Å². The molecule has 5 nitrogen and oxygen atoms in total. The van der Waals surface area contributed by atoms with E-state index in [4.69, 9.17) is 15.3 Å². The fraction of sp³-hybridized carbons (Fsp3) is 0. The molecule has 0 amide bonds. The van der Waals surface area contributed by atoms with Crippen LogP contribution in [0.2, 0.25) is 0 Å². The van der Waals surface area contributed by atoms with Gasteiger partial charge in [0.25, 0.3) is 0 Å². The predicted molar refractivity (Wildman–Crippen MR) is 58.0 cm³/mol. The summed E-state index contributed by atoms with van der Waals surface area (Å²) in [5.74, 6) is 0.653. The molecule has 0 saturated carbocycles. The number of hydrogen-bond donors (Lipinski definition) is 0. The van der Waals surface area contributed by atoms with Gasteiger partial charge in [0.15, 0.2) is 0 Å². The van der Waals surface area contributed by atoms with Crippen LogP contribution < -0.4 is 4.74 Å². The lowest BCUT2D eigenvalue weighted by Gasteiger charge is -2.05. The minimum atomic E-state index is 0.287. The summed E-state index contributed by atoms with van der Waals surface area (Å²) in [6.07, 6.45) is 1.52. The van der Waals surface area contributed by atoms with Crippen molar-refractivity contribution < 1.29 is 4.74 Å². The topological polar surface area (TPSA) is 82.6 Å². The van der Waals surface area contributed by atoms with Crippen molar-refractivity contribution in [1.82, 2.24) is 10.2 Å². The highest BCUT2D eigenvalue weighted by Crippen LogP contribution is 2.23. The molecule has 0 fully saturated rings. The highest BCUT2D eigenvalue weighted by atomic mass is 16.5. The van der Waals surface area contributed by atoms with E-state index in [-0.39, 0.29) is 5.56 Å². The Kier molecular flexibility index (Phi) is 2.95. The second kappa shape index (κ2) is 4.73. The Balaban J connectivity index is 2.35. The van der Waals surface area contributed by atoms with E-state index in [1.807, 2.05) is 12.1 Å². The summed E-state index contributed by atoms with van der Waals surface area (Å²) >= 11 is 0. The highest BCUT2D eigenvalue weighted by Gasteiger charge is 2.06. The second-order valence-electron chi connectivity index (χ2n) is 3.10. The van der Waals surface area contributed by atoms with Crippen molar-refractivity contribution in [3.63, 3.8) is 0 Å². The van der Waals surface area contributed by atoms with Crippen molar-refractivity contribution in [1.29, 1.82) is 10.5 Å². The maximum Gasteiger partial charge on any atom is 0.238 e. The maximum atomic E-state index is 8.94. The first kappa shape index (κ1) is 10.6. The molecule has 0 atom stereocenters. The maximum absolute atomic E-state index is 8.94. The molecule has 0 spiro atoms. The zero-order chi connectivity index (χ0) is 12.1. The highest BCUT2D eigenvalue weighted by molar-refractivity contribution is 5.49. The van der Waals surface area contributed by atoms with E-state index < -0.39 is 0 Å². The van der Waals surface area contributed by atoms with E-state index in [0.29, 0.717) is 17.2 Å². The van der Waals surface area contributed by atoms with Crippen LogP contribution in [0, 0.1) is 22.7 Å². The summed E-state index contributed by atoms with van der Waals surface area (Å²) in [7, 11) is 0. The van der Waals surface area contributed by atoms with Crippen LogP contribution in [0.3, 0.4) is 0 Å². The summed E-state index contributed by atoms with van der Waals surface area (Å²) in [6.45, 7) is 0. The molecule has 0 aliphatic carbocycles. The molecule has 2 aromatic rings. The van der Waals surface area contributed by atoms with Crippen LogP contribution in [0.15, 0.2) is 36.5 Å². The smallest absolute Gasteiger partial charge is 0.238 e. The number of nitriles is 2. The molecular formula is C12H6N4O. The Morgan fingerprint density at radius 2 is 2.00 bits per heavy atom. The van der Waals surface area contributed by atoms with Crippen molar-refractivity contribution in [2.45, 2.75) is 0 Å². The Morgan fingerprint density at radius 3 is 2.65 bits per heavy atom. The lowest BCUT2D eigenvalue weighted by atomic mass is 10.1. The van der Waals surface area contributed by atoms with E-state index in [1.54, 1.807) is 24.3 Å². The first-order valence-corrected chi connectivity index (χ1v) is 4.73. The number of aromatic nitrogens is 2. The van der Waals surface area contributed by atoms with Gasteiger partial charge in [-0.2, -0.15) is 15.6 Å². The molecule has 5 heteroatoms. The molecule has 0 radical (unpaired) electrons. The van der Waals surface area contributed by atoms with Gasteiger partial charge < -0.3 is 4.74 Å². The number of benzene rings is 1. The van der Waals surface area contributed by atoms with Gasteiger partial charge >= 0.3 is 0 Å². The summed E-state index contributed by atoms with van der Waals surface area (Å²) < 4.78 is 5.39. The molecule has 0 unspecified atom stereocenters. The minimum Gasteiger partial charge on any atom is -0.436 e. The molecular weight excluding hydrogens is 216 g/mol. The molecule has 0 aliphatic rings. The standard InChI is InChI=1S/C12H6N4O/c13-7-9-3-4-11(10(6-9)8-14)17-12-2-1-5-15-16-12/h1-6H. The molecule has 17 heavy (non-hydrogen) atoms. The van der Waals surface area contributed by atoms with Crippen molar-refractivity contribution in [3.8, 4) is 23.8 Å². The van der Waals surface area contributed by atoms with Crippen LogP contribution in [0.4, 0.5) is 0 Å². The second-order valence-corrected chi connectivity index (χ2v) is 3.10. The van der Waals surface area contributed by atoms with Crippen LogP contribution in [0.25, 0.3) is 0 Å². The van der Waals surface area contributed by atoms with E-state index in [1.165, 1.54) is 12.3 Å². The van der Waals surface area contributed by atoms with E-state index in [9.17, 15) is 0 Å². The van der Waals surface area contributed by atoms with Gasteiger partial charge in [0.05, 0.1) is 17.2 Å². The summed E-state index contributed by atoms with van der Waals surface area (Å²) in [4.78, 5) is 0. The summed E-state index contributed by atoms with van der Waals surface area (Å²) in [6, 6.07) is 11.8. The first-order valence-electron chi connectivity index (χ1n) is 4.73. The van der Waals surface area contributed by atoms with Crippen LogP contribution in [-0.2, 0) is 0 Å². The zero-order valence-electron chi connectivity index (χ0n) is 8.66. The summed E-state index contributed by atoms with van der Waals surface area (Å²) in [5, 5.41) is 25.1. The molecule has 1 heterocycles. The van der Waals surface area contributed by atoms with Crippen LogP contribution in [0.1, 0.15) is 11.1 Å². The van der Waals surface area contributed by atoms with Gasteiger partial charge in [-0.15, -0.1) is 5.10 Å². The van der Waals surface area contributed by atoms with Gasteiger partial charge in [-0.1, -0.05) is 0 Å². The lowest BCUT2D eigenvalue weighted by molar-refractivity contribution is 0.454. The third-order valence-electron chi connectivity index (χ3n) is 1.99. The van der Waals surface area contributed by atoms with Gasteiger partial charge in [0, 0.05) is 12.3 Å². The average Bonchev–Trinajstić information content (AvgIpc) is 2.40. The molecule has 0 aliphatic heterocycles. The lowest BCUT2D eigenvalue weighted by Crippen LogP contribution is -1.92. The largest absolute Gasteiger partial charge is 0.436 e. The quantitative estimate of drug-likeness (QED) is 0.776. The first-order chi connectivity index (χ1) is 8.33. The molecule has 0 saturated heterocycles. The SMILES string of the molecule is N#Cc1ccc(Oc2cccnn2)c(C#N)c1. The zero-order valence-corrected chi connectivity index (χ0v) is 8.66. The third-order valence-corrected chi connectivity index (χ3v) is 1.99. The fourth-order valence-corrected chi connectivity index (χ4v) is 1.23. The van der Waals surface area contributed by atoms with Crippen LogP contribution in [-0.4, -0.2) is 10.2 Å². The van der Waals surface area contributed by atoms with E-state index in [2.05, 4.69) is 10.2 Å². The Labute approximate surface area is 97.5 Å². The minimum absolute atomic E-state index is 0.287. The average molecular weight is 222 g/mol. The van der Waals surface area contributed by atoms with Gasteiger partial charge in [-0.3, -0.25) is 0 Å². The Morgan fingerprint density at radius 1 is 1.12 bits per heavy atom. The van der Waals surface area contributed by atoms with Gasteiger partial charge in [0.2, 0.25) is 5.88 Å². The van der Waals surface area contributed by atoms with Gasteiger partial charge in [-0.25, -0.2) is 0 Å². The Hall–Kier alpha value is -2.92. The molecule has 0 bridgehead atoms. The van der Waals surface area contributed by atoms with Crippen LogP contribution in [0.5, 0.6) is 11.6 Å².